The van der Waals surface area contributed by atoms with Crippen LogP contribution in [-0.4, -0.2) is 20.9 Å². The first-order chi connectivity index (χ1) is 9.30. The molecule has 0 aliphatic rings. The molecule has 0 bridgehead atoms. The van der Waals surface area contributed by atoms with Crippen LogP contribution in [0.3, 0.4) is 0 Å². The molecule has 2 aromatic rings. The number of aromatic nitrogens is 2. The molecule has 0 atom stereocenters. The average molecular weight is 284 g/mol. The minimum atomic E-state index is -4.77. The van der Waals surface area contributed by atoms with Gasteiger partial charge in [0.15, 0.2) is 5.69 Å². The fraction of sp³-hybridized carbons (Fsp3) is 0.231. The van der Waals surface area contributed by atoms with Crippen LogP contribution in [0.15, 0.2) is 30.5 Å². The lowest BCUT2D eigenvalue weighted by Gasteiger charge is -2.12. The third-order valence-corrected chi connectivity index (χ3v) is 2.92. The van der Waals surface area contributed by atoms with Crippen molar-refractivity contribution in [3.05, 3.63) is 52.8 Å². The maximum absolute atomic E-state index is 13.0. The van der Waals surface area contributed by atoms with E-state index in [4.69, 9.17) is 5.11 Å². The Kier molecular flexibility index (Phi) is 3.52. The fourth-order valence-corrected chi connectivity index (χ4v) is 1.91. The van der Waals surface area contributed by atoms with Crippen LogP contribution in [0.2, 0.25) is 0 Å². The van der Waals surface area contributed by atoms with Gasteiger partial charge >= 0.3 is 12.1 Å². The van der Waals surface area contributed by atoms with Crippen molar-refractivity contribution in [1.82, 2.24) is 9.78 Å². The summed E-state index contributed by atoms with van der Waals surface area (Å²) in [5, 5.41) is 12.4. The molecular formula is C13H11F3N2O2. The Balaban J connectivity index is 2.48. The molecule has 1 aromatic carbocycles. The number of rotatable bonds is 3. The topological polar surface area (TPSA) is 55.1 Å². The molecule has 7 heteroatoms. The lowest BCUT2D eigenvalue weighted by Crippen LogP contribution is -2.19. The van der Waals surface area contributed by atoms with Crippen LogP contribution in [0, 0.1) is 6.92 Å². The number of aromatic carboxylic acids is 1. The number of hydrogen-bond donors (Lipinski definition) is 1. The van der Waals surface area contributed by atoms with Crippen molar-refractivity contribution in [3.63, 3.8) is 0 Å². The molecule has 0 fully saturated rings. The lowest BCUT2D eigenvalue weighted by atomic mass is 10.1. The van der Waals surface area contributed by atoms with Crippen molar-refractivity contribution in [3.8, 4) is 0 Å². The predicted molar refractivity (Wildman–Crippen MR) is 64.5 cm³/mol. The van der Waals surface area contributed by atoms with Gasteiger partial charge in [-0.15, -0.1) is 0 Å². The molecule has 0 radical (unpaired) electrons. The number of halogens is 3. The molecule has 0 aliphatic carbocycles. The molecular weight excluding hydrogens is 273 g/mol. The molecule has 0 spiro atoms. The maximum atomic E-state index is 13.0. The summed E-state index contributed by atoms with van der Waals surface area (Å²) in [6.45, 7) is 1.64. The number of carboxylic acid groups (broad SMARTS) is 1. The molecule has 0 amide bonds. The zero-order valence-electron chi connectivity index (χ0n) is 10.5. The molecule has 106 valence electrons. The van der Waals surface area contributed by atoms with Crippen LogP contribution in [0.4, 0.5) is 13.2 Å². The van der Waals surface area contributed by atoms with E-state index in [2.05, 4.69) is 5.10 Å². The predicted octanol–water partition coefficient (Wildman–Crippen LogP) is 2.96. The molecule has 1 aromatic heterocycles. The Labute approximate surface area is 112 Å². The Morgan fingerprint density at radius 2 is 2.00 bits per heavy atom. The Morgan fingerprint density at radius 3 is 2.55 bits per heavy atom. The first-order valence-corrected chi connectivity index (χ1v) is 5.71. The van der Waals surface area contributed by atoms with Gasteiger partial charge < -0.3 is 5.11 Å². The van der Waals surface area contributed by atoms with Gasteiger partial charge in [0.1, 0.15) is 5.56 Å². The SMILES string of the molecule is Cc1ccccc1Cn1ncc(C(=O)O)c1C(F)(F)F. The highest BCUT2D eigenvalue weighted by molar-refractivity contribution is 5.88. The highest BCUT2D eigenvalue weighted by Gasteiger charge is 2.40. The highest BCUT2D eigenvalue weighted by Crippen LogP contribution is 2.32. The molecule has 1 N–H and O–H groups in total. The second-order valence-corrected chi connectivity index (χ2v) is 4.29. The van der Waals surface area contributed by atoms with Gasteiger partial charge in [0.25, 0.3) is 0 Å². The molecule has 0 saturated heterocycles. The quantitative estimate of drug-likeness (QED) is 0.942. The van der Waals surface area contributed by atoms with E-state index in [-0.39, 0.29) is 6.54 Å². The zero-order chi connectivity index (χ0) is 14.9. The van der Waals surface area contributed by atoms with Crippen molar-refractivity contribution < 1.29 is 23.1 Å². The van der Waals surface area contributed by atoms with Crippen molar-refractivity contribution in [1.29, 1.82) is 0 Å². The third kappa shape index (κ3) is 2.66. The van der Waals surface area contributed by atoms with Crippen LogP contribution in [0.5, 0.6) is 0 Å². The monoisotopic (exact) mass is 284 g/mol. The van der Waals surface area contributed by atoms with E-state index in [1.54, 1.807) is 31.2 Å². The summed E-state index contributed by atoms with van der Waals surface area (Å²) in [4.78, 5) is 10.8. The van der Waals surface area contributed by atoms with Gasteiger partial charge in [0, 0.05) is 0 Å². The van der Waals surface area contributed by atoms with E-state index in [1.807, 2.05) is 0 Å². The number of aryl methyl sites for hydroxylation is 1. The van der Waals surface area contributed by atoms with Gasteiger partial charge in [-0.2, -0.15) is 18.3 Å². The molecule has 0 aliphatic heterocycles. The van der Waals surface area contributed by atoms with Crippen molar-refractivity contribution in [2.24, 2.45) is 0 Å². The number of alkyl halides is 3. The van der Waals surface area contributed by atoms with Crippen LogP contribution in [-0.2, 0) is 12.7 Å². The lowest BCUT2D eigenvalue weighted by molar-refractivity contribution is -0.144. The van der Waals surface area contributed by atoms with Crippen LogP contribution < -0.4 is 0 Å². The molecule has 2 rings (SSSR count). The van der Waals surface area contributed by atoms with E-state index in [0.717, 1.165) is 11.8 Å². The van der Waals surface area contributed by atoms with E-state index in [1.165, 1.54) is 0 Å². The molecule has 4 nitrogen and oxygen atoms in total. The average Bonchev–Trinajstić information content (AvgIpc) is 2.76. The van der Waals surface area contributed by atoms with E-state index < -0.39 is 23.4 Å². The fourth-order valence-electron chi connectivity index (χ4n) is 1.91. The van der Waals surface area contributed by atoms with Crippen LogP contribution in [0.25, 0.3) is 0 Å². The summed E-state index contributed by atoms with van der Waals surface area (Å²) < 4.78 is 39.6. The van der Waals surface area contributed by atoms with Crippen LogP contribution in [0.1, 0.15) is 27.2 Å². The summed E-state index contributed by atoms with van der Waals surface area (Å²) in [5.74, 6) is -1.65. The summed E-state index contributed by atoms with van der Waals surface area (Å²) in [6.07, 6.45) is -4.05. The number of carbonyl (C=O) groups is 1. The number of carboxylic acids is 1. The van der Waals surface area contributed by atoms with E-state index >= 15 is 0 Å². The number of benzene rings is 1. The van der Waals surface area contributed by atoms with Crippen molar-refractivity contribution in [2.45, 2.75) is 19.6 Å². The summed E-state index contributed by atoms with van der Waals surface area (Å²) in [7, 11) is 0. The van der Waals surface area contributed by atoms with Crippen molar-refractivity contribution in [2.75, 3.05) is 0 Å². The van der Waals surface area contributed by atoms with Gasteiger partial charge in [-0.05, 0) is 18.1 Å². The molecule has 20 heavy (non-hydrogen) atoms. The largest absolute Gasteiger partial charge is 0.478 e. The molecule has 0 saturated carbocycles. The van der Waals surface area contributed by atoms with Crippen LogP contribution >= 0.6 is 0 Å². The normalized spacial score (nSPS) is 11.6. The van der Waals surface area contributed by atoms with Gasteiger partial charge in [0.05, 0.1) is 12.7 Å². The zero-order valence-corrected chi connectivity index (χ0v) is 10.5. The first kappa shape index (κ1) is 14.1. The summed E-state index contributed by atoms with van der Waals surface area (Å²) in [6, 6.07) is 6.92. The van der Waals surface area contributed by atoms with Gasteiger partial charge in [-0.1, -0.05) is 24.3 Å². The minimum absolute atomic E-state index is 0.130. The van der Waals surface area contributed by atoms with Crippen molar-refractivity contribution >= 4 is 5.97 Å². The summed E-state index contributed by atoms with van der Waals surface area (Å²) >= 11 is 0. The Bertz CT molecular complexity index is 647. The van der Waals surface area contributed by atoms with Gasteiger partial charge in [-0.3, -0.25) is 4.68 Å². The van der Waals surface area contributed by atoms with Gasteiger partial charge in [0.2, 0.25) is 0 Å². The standard InChI is InChI=1S/C13H11F3N2O2/c1-8-4-2-3-5-9(8)7-18-11(13(14,15)16)10(6-17-18)12(19)20/h2-6H,7H2,1H3,(H,19,20). The molecule has 1 heterocycles. The number of nitrogens with zero attached hydrogens (tertiary/aromatic N) is 2. The molecule has 0 unspecified atom stereocenters. The van der Waals surface area contributed by atoms with E-state index in [0.29, 0.717) is 10.2 Å². The summed E-state index contributed by atoms with van der Waals surface area (Å²) in [5.41, 5.74) is -0.620. The van der Waals surface area contributed by atoms with E-state index in [9.17, 15) is 18.0 Å². The second-order valence-electron chi connectivity index (χ2n) is 4.29. The second kappa shape index (κ2) is 4.99. The smallest absolute Gasteiger partial charge is 0.433 e. The minimum Gasteiger partial charge on any atom is -0.478 e. The Hall–Kier alpha value is -2.31. The number of hydrogen-bond acceptors (Lipinski definition) is 2. The first-order valence-electron chi connectivity index (χ1n) is 5.71. The third-order valence-electron chi connectivity index (χ3n) is 2.92. The highest BCUT2D eigenvalue weighted by atomic mass is 19.4. The maximum Gasteiger partial charge on any atom is 0.433 e. The Morgan fingerprint density at radius 1 is 1.35 bits per heavy atom. The van der Waals surface area contributed by atoms with Gasteiger partial charge in [-0.25, -0.2) is 4.79 Å².